The van der Waals surface area contributed by atoms with Gasteiger partial charge in [0.25, 0.3) is 11.8 Å². The van der Waals surface area contributed by atoms with Crippen LogP contribution in [0.2, 0.25) is 0 Å². The number of anilines is 1. The second-order valence-corrected chi connectivity index (χ2v) is 7.73. The van der Waals surface area contributed by atoms with E-state index in [-0.39, 0.29) is 5.70 Å². The first kappa shape index (κ1) is 22.9. The van der Waals surface area contributed by atoms with E-state index < -0.39 is 11.8 Å². The van der Waals surface area contributed by atoms with E-state index in [0.29, 0.717) is 28.5 Å². The molecule has 8 heteroatoms. The van der Waals surface area contributed by atoms with Crippen molar-refractivity contribution in [3.8, 4) is 17.2 Å². The minimum atomic E-state index is -0.476. The summed E-state index contributed by atoms with van der Waals surface area (Å²) in [6.45, 7) is 1.91. The zero-order valence-corrected chi connectivity index (χ0v) is 19.0. The second kappa shape index (κ2) is 10.5. The summed E-state index contributed by atoms with van der Waals surface area (Å²) in [4.78, 5) is 26.9. The average molecular weight is 453 g/mol. The van der Waals surface area contributed by atoms with Crippen LogP contribution in [-0.4, -0.2) is 33.1 Å². The lowest BCUT2D eigenvalue weighted by Gasteiger charge is -2.14. The van der Waals surface area contributed by atoms with E-state index in [0.717, 1.165) is 10.4 Å². The fraction of sp³-hybridized carbons (Fsp3) is 0.167. The van der Waals surface area contributed by atoms with E-state index in [1.165, 1.54) is 32.7 Å². The van der Waals surface area contributed by atoms with Gasteiger partial charge < -0.3 is 24.8 Å². The number of rotatable bonds is 8. The number of carbonyl (C=O) groups is 2. The van der Waals surface area contributed by atoms with Crippen LogP contribution in [-0.2, 0) is 4.79 Å². The van der Waals surface area contributed by atoms with Crippen molar-refractivity contribution in [2.75, 3.05) is 26.6 Å². The van der Waals surface area contributed by atoms with Crippen molar-refractivity contribution < 1.29 is 23.8 Å². The number of thiophene rings is 1. The number of carbonyl (C=O) groups excluding carboxylic acids is 2. The topological polar surface area (TPSA) is 85.9 Å². The van der Waals surface area contributed by atoms with Crippen molar-refractivity contribution in [3.05, 3.63) is 75.6 Å². The molecule has 32 heavy (non-hydrogen) atoms. The molecule has 3 rings (SSSR count). The Hall–Kier alpha value is -3.78. The molecule has 1 heterocycles. The number of methoxy groups -OCH3 is 3. The van der Waals surface area contributed by atoms with Crippen molar-refractivity contribution in [2.45, 2.75) is 6.92 Å². The van der Waals surface area contributed by atoms with Crippen LogP contribution in [0.5, 0.6) is 17.2 Å². The van der Waals surface area contributed by atoms with Gasteiger partial charge in [-0.1, -0.05) is 12.1 Å². The molecule has 0 spiro atoms. The van der Waals surface area contributed by atoms with Crippen molar-refractivity contribution in [1.29, 1.82) is 0 Å². The molecule has 0 fully saturated rings. The van der Waals surface area contributed by atoms with Crippen molar-refractivity contribution in [1.82, 2.24) is 5.32 Å². The summed E-state index contributed by atoms with van der Waals surface area (Å²) >= 11 is 1.45. The number of aryl methyl sites for hydroxylation is 1. The monoisotopic (exact) mass is 452 g/mol. The summed E-state index contributed by atoms with van der Waals surface area (Å²) in [6.07, 6.45) is 1.63. The van der Waals surface area contributed by atoms with Crippen LogP contribution in [0.15, 0.2) is 59.6 Å². The fourth-order valence-corrected chi connectivity index (χ4v) is 3.61. The highest BCUT2D eigenvalue weighted by atomic mass is 32.1. The van der Waals surface area contributed by atoms with Gasteiger partial charge in [-0.2, -0.15) is 0 Å². The van der Waals surface area contributed by atoms with Gasteiger partial charge in [-0.25, -0.2) is 0 Å². The molecular formula is C24H24N2O5S. The smallest absolute Gasteiger partial charge is 0.272 e. The van der Waals surface area contributed by atoms with Gasteiger partial charge in [0, 0.05) is 10.4 Å². The van der Waals surface area contributed by atoms with Crippen molar-refractivity contribution >= 4 is 34.9 Å². The molecule has 2 amide bonds. The molecule has 166 valence electrons. The van der Waals surface area contributed by atoms with Gasteiger partial charge in [0.1, 0.15) is 11.4 Å². The second-order valence-electron chi connectivity index (χ2n) is 6.76. The van der Waals surface area contributed by atoms with E-state index in [9.17, 15) is 9.59 Å². The quantitative estimate of drug-likeness (QED) is 0.492. The molecule has 0 aliphatic heterocycles. The number of amides is 2. The lowest BCUT2D eigenvalue weighted by molar-refractivity contribution is -0.113. The van der Waals surface area contributed by atoms with Crippen LogP contribution in [0.3, 0.4) is 0 Å². The molecule has 0 aliphatic rings. The molecule has 0 bridgehead atoms. The first-order chi connectivity index (χ1) is 15.4. The fourth-order valence-electron chi connectivity index (χ4n) is 2.96. The molecule has 3 aromatic rings. The summed E-state index contributed by atoms with van der Waals surface area (Å²) in [7, 11) is 4.54. The van der Waals surface area contributed by atoms with Gasteiger partial charge in [-0.05, 0) is 60.3 Å². The minimum absolute atomic E-state index is 0.0933. The number of ether oxygens (including phenoxy) is 3. The third kappa shape index (κ3) is 5.47. The van der Waals surface area contributed by atoms with Crippen molar-refractivity contribution in [2.24, 2.45) is 0 Å². The maximum absolute atomic E-state index is 13.1. The van der Waals surface area contributed by atoms with Gasteiger partial charge in [0.15, 0.2) is 11.5 Å². The molecule has 2 aromatic carbocycles. The Morgan fingerprint density at radius 3 is 2.28 bits per heavy atom. The predicted molar refractivity (Wildman–Crippen MR) is 126 cm³/mol. The summed E-state index contributed by atoms with van der Waals surface area (Å²) in [5, 5.41) is 7.43. The first-order valence-electron chi connectivity index (χ1n) is 9.69. The molecular weight excluding hydrogens is 428 g/mol. The molecule has 1 aromatic heterocycles. The summed E-state index contributed by atoms with van der Waals surface area (Å²) in [6, 6.07) is 14.0. The normalized spacial score (nSPS) is 10.9. The average Bonchev–Trinajstić information content (AvgIpc) is 3.31. The zero-order valence-electron chi connectivity index (χ0n) is 18.2. The highest BCUT2D eigenvalue weighted by Gasteiger charge is 2.18. The van der Waals surface area contributed by atoms with Gasteiger partial charge >= 0.3 is 0 Å². The number of hydrogen-bond donors (Lipinski definition) is 2. The maximum Gasteiger partial charge on any atom is 0.272 e. The Morgan fingerprint density at radius 1 is 0.906 bits per heavy atom. The molecule has 0 radical (unpaired) electrons. The van der Waals surface area contributed by atoms with Gasteiger partial charge in [-0.3, -0.25) is 9.59 Å². The third-order valence-electron chi connectivity index (χ3n) is 4.57. The highest BCUT2D eigenvalue weighted by Crippen LogP contribution is 2.28. The molecule has 7 nitrogen and oxygen atoms in total. The van der Waals surface area contributed by atoms with E-state index in [1.807, 2.05) is 30.5 Å². The Balaban J connectivity index is 1.89. The van der Waals surface area contributed by atoms with Crippen LogP contribution >= 0.6 is 11.3 Å². The Labute approximate surface area is 190 Å². The van der Waals surface area contributed by atoms with Crippen LogP contribution in [0.4, 0.5) is 5.69 Å². The number of benzene rings is 2. The third-order valence-corrected chi connectivity index (χ3v) is 5.39. The lowest BCUT2D eigenvalue weighted by atomic mass is 10.1. The SMILES string of the molecule is COc1ccc(C)cc1NC(=O)/C(=C/c1cccs1)NC(=O)c1ccc(OC)c(OC)c1. The largest absolute Gasteiger partial charge is 0.495 e. The molecule has 0 atom stereocenters. The predicted octanol–water partition coefficient (Wildman–Crippen LogP) is 4.49. The molecule has 2 N–H and O–H groups in total. The van der Waals surface area contributed by atoms with Crippen LogP contribution in [0, 0.1) is 6.92 Å². The van der Waals surface area contributed by atoms with E-state index in [2.05, 4.69) is 10.6 Å². The van der Waals surface area contributed by atoms with Crippen molar-refractivity contribution in [3.63, 3.8) is 0 Å². The van der Waals surface area contributed by atoms with Crippen LogP contribution in [0.1, 0.15) is 20.8 Å². The Morgan fingerprint density at radius 2 is 1.62 bits per heavy atom. The van der Waals surface area contributed by atoms with Gasteiger partial charge in [-0.15, -0.1) is 11.3 Å². The molecule has 0 unspecified atom stereocenters. The molecule has 0 saturated carbocycles. The molecule has 0 saturated heterocycles. The van der Waals surface area contributed by atoms with Gasteiger partial charge in [0.05, 0.1) is 27.0 Å². The van der Waals surface area contributed by atoms with Gasteiger partial charge in [0.2, 0.25) is 0 Å². The Bertz CT molecular complexity index is 1140. The number of hydrogen-bond acceptors (Lipinski definition) is 6. The summed E-state index contributed by atoms with van der Waals surface area (Å²) in [5.41, 5.74) is 1.88. The van der Waals surface area contributed by atoms with E-state index >= 15 is 0 Å². The Kier molecular flexibility index (Phi) is 7.51. The summed E-state index contributed by atoms with van der Waals surface area (Å²) < 4.78 is 15.8. The maximum atomic E-state index is 13.1. The highest BCUT2D eigenvalue weighted by molar-refractivity contribution is 7.10. The van der Waals surface area contributed by atoms with Crippen LogP contribution in [0.25, 0.3) is 6.08 Å². The minimum Gasteiger partial charge on any atom is -0.495 e. The summed E-state index contributed by atoms with van der Waals surface area (Å²) in [5.74, 6) is 0.502. The van der Waals surface area contributed by atoms with E-state index in [1.54, 1.807) is 36.4 Å². The molecule has 0 aliphatic carbocycles. The van der Waals surface area contributed by atoms with E-state index in [4.69, 9.17) is 14.2 Å². The first-order valence-corrected chi connectivity index (χ1v) is 10.6. The zero-order chi connectivity index (χ0) is 23.1. The standard InChI is InChI=1S/C24H24N2O5S/c1-15-7-9-20(29-2)18(12-15)25-24(28)19(14-17-6-5-11-32-17)26-23(27)16-8-10-21(30-3)22(13-16)31-4/h5-14H,1-4H3,(H,25,28)(H,26,27)/b19-14-. The lowest BCUT2D eigenvalue weighted by Crippen LogP contribution is -2.30. The van der Waals surface area contributed by atoms with Crippen LogP contribution < -0.4 is 24.8 Å². The number of nitrogens with one attached hydrogen (secondary N) is 2.